The van der Waals surface area contributed by atoms with Crippen molar-refractivity contribution in [1.82, 2.24) is 14.4 Å². The summed E-state index contributed by atoms with van der Waals surface area (Å²) in [6.45, 7) is 6.88. The monoisotopic (exact) mass is 753 g/mol. The Morgan fingerprint density at radius 1 is 0.390 bits per heavy atom. The van der Waals surface area contributed by atoms with E-state index in [0.717, 1.165) is 33.9 Å². The van der Waals surface area contributed by atoms with Crippen molar-refractivity contribution in [2.45, 2.75) is 26.2 Å². The SMILES string of the molecule is Cc1ccc2c3cccc4c5cccc(-c6cccc(-c7ccc8c(c7)-c7cc(-c9cc(-c%10ccccc%10)nc(-c%10ccccc%10)n9)ccc7C8(C)C)c6)c5n(c2c1)c34. The molecule has 0 saturated carbocycles. The second-order valence-electron chi connectivity index (χ2n) is 16.7. The highest BCUT2D eigenvalue weighted by Gasteiger charge is 2.36. The molecule has 8 aromatic carbocycles. The number of aromatic nitrogens is 3. The van der Waals surface area contributed by atoms with E-state index in [1.165, 1.54) is 88.2 Å². The van der Waals surface area contributed by atoms with Gasteiger partial charge in [-0.1, -0.05) is 166 Å². The molecule has 0 aliphatic heterocycles. The van der Waals surface area contributed by atoms with E-state index in [1.807, 2.05) is 24.3 Å². The summed E-state index contributed by atoms with van der Waals surface area (Å²) in [4.78, 5) is 10.2. The summed E-state index contributed by atoms with van der Waals surface area (Å²) in [5.41, 5.74) is 20.0. The van der Waals surface area contributed by atoms with E-state index in [1.54, 1.807) is 0 Å². The van der Waals surface area contributed by atoms with Gasteiger partial charge in [-0.05, 0) is 81.8 Å². The summed E-state index contributed by atoms with van der Waals surface area (Å²) in [5.74, 6) is 0.725. The molecule has 0 fully saturated rings. The normalized spacial score (nSPS) is 13.1. The molecule has 0 atom stereocenters. The highest BCUT2D eigenvalue weighted by molar-refractivity contribution is 6.25. The van der Waals surface area contributed by atoms with E-state index in [-0.39, 0.29) is 5.41 Å². The number of hydrogen-bond acceptors (Lipinski definition) is 2. The zero-order valence-corrected chi connectivity index (χ0v) is 33.2. The standard InChI is InChI=1S/C56H39N3/c1-34-23-26-42-43-20-12-22-45-44-21-11-19-41(53(44)59(54(43)45)52(42)29-34)39-18-10-17-37(30-39)38-24-27-48-46(31-38)47-32-40(25-28-49(47)56(48,2)3)51-33-50(35-13-6-4-7-14-35)57-55(58-51)36-15-8-5-9-16-36/h4-33H,1-3H3. The van der Waals surface area contributed by atoms with Gasteiger partial charge in [0.05, 0.1) is 27.9 Å². The first kappa shape index (κ1) is 33.7. The molecule has 0 N–H and O–H groups in total. The molecule has 0 unspecified atom stereocenters. The van der Waals surface area contributed by atoms with Crippen molar-refractivity contribution in [2.75, 3.05) is 0 Å². The van der Waals surface area contributed by atoms with Gasteiger partial charge in [-0.15, -0.1) is 0 Å². The summed E-state index contributed by atoms with van der Waals surface area (Å²) in [6, 6.07) is 66.3. The number of hydrogen-bond donors (Lipinski definition) is 0. The van der Waals surface area contributed by atoms with Crippen molar-refractivity contribution in [3.63, 3.8) is 0 Å². The smallest absolute Gasteiger partial charge is 0.160 e. The highest BCUT2D eigenvalue weighted by Crippen LogP contribution is 2.51. The number of benzene rings is 8. The van der Waals surface area contributed by atoms with Crippen molar-refractivity contribution in [3.8, 4) is 67.3 Å². The zero-order valence-electron chi connectivity index (χ0n) is 33.2. The number of para-hydroxylation sites is 2. The van der Waals surface area contributed by atoms with Crippen LogP contribution in [0.5, 0.6) is 0 Å². The zero-order chi connectivity index (χ0) is 39.4. The lowest BCUT2D eigenvalue weighted by Crippen LogP contribution is -2.14. The molecule has 0 radical (unpaired) electrons. The molecule has 278 valence electrons. The van der Waals surface area contributed by atoms with Crippen LogP contribution in [-0.4, -0.2) is 14.4 Å². The lowest BCUT2D eigenvalue weighted by Gasteiger charge is -2.21. The van der Waals surface area contributed by atoms with E-state index in [0.29, 0.717) is 0 Å². The van der Waals surface area contributed by atoms with Crippen LogP contribution in [0, 0.1) is 6.92 Å². The predicted molar refractivity (Wildman–Crippen MR) is 246 cm³/mol. The summed E-state index contributed by atoms with van der Waals surface area (Å²) >= 11 is 0. The van der Waals surface area contributed by atoms with E-state index < -0.39 is 0 Å². The molecule has 11 aromatic rings. The average Bonchev–Trinajstić information content (AvgIpc) is 3.88. The van der Waals surface area contributed by atoms with Gasteiger partial charge in [-0.25, -0.2) is 9.97 Å². The van der Waals surface area contributed by atoms with E-state index in [2.05, 4.69) is 183 Å². The van der Waals surface area contributed by atoms with Crippen LogP contribution in [0.15, 0.2) is 182 Å². The van der Waals surface area contributed by atoms with Crippen molar-refractivity contribution < 1.29 is 0 Å². The number of nitrogens with zero attached hydrogens (tertiary/aromatic N) is 3. The first-order chi connectivity index (χ1) is 28.9. The first-order valence-electron chi connectivity index (χ1n) is 20.5. The lowest BCUT2D eigenvalue weighted by atomic mass is 9.82. The van der Waals surface area contributed by atoms with Crippen LogP contribution in [-0.2, 0) is 5.41 Å². The Morgan fingerprint density at radius 3 is 1.69 bits per heavy atom. The van der Waals surface area contributed by atoms with Crippen molar-refractivity contribution in [2.24, 2.45) is 0 Å². The molecule has 3 aromatic heterocycles. The largest absolute Gasteiger partial charge is 0.307 e. The lowest BCUT2D eigenvalue weighted by molar-refractivity contribution is 0.660. The van der Waals surface area contributed by atoms with Gasteiger partial charge >= 0.3 is 0 Å². The Bertz CT molecular complexity index is 3410. The molecule has 1 aliphatic rings. The number of rotatable bonds is 5. The fourth-order valence-electron chi connectivity index (χ4n) is 9.90. The molecule has 3 nitrogen and oxygen atoms in total. The van der Waals surface area contributed by atoms with Crippen molar-refractivity contribution in [1.29, 1.82) is 0 Å². The first-order valence-corrected chi connectivity index (χ1v) is 20.5. The Labute approximate surface area is 343 Å². The van der Waals surface area contributed by atoms with E-state index in [9.17, 15) is 0 Å². The van der Waals surface area contributed by atoms with E-state index >= 15 is 0 Å². The molecule has 3 heterocycles. The Balaban J connectivity index is 0.992. The van der Waals surface area contributed by atoms with E-state index in [4.69, 9.17) is 9.97 Å². The molecule has 1 aliphatic carbocycles. The minimum atomic E-state index is -0.136. The van der Waals surface area contributed by atoms with Gasteiger partial charge in [0.2, 0.25) is 0 Å². The second kappa shape index (κ2) is 12.6. The van der Waals surface area contributed by atoms with Gasteiger partial charge < -0.3 is 4.40 Å². The minimum absolute atomic E-state index is 0.136. The summed E-state index contributed by atoms with van der Waals surface area (Å²) in [7, 11) is 0. The summed E-state index contributed by atoms with van der Waals surface area (Å²) < 4.78 is 2.51. The van der Waals surface area contributed by atoms with Gasteiger partial charge in [0.1, 0.15) is 0 Å². The fraction of sp³-hybridized carbons (Fsp3) is 0.0714. The highest BCUT2D eigenvalue weighted by atomic mass is 14.9. The maximum Gasteiger partial charge on any atom is 0.160 e. The molecular formula is C56H39N3. The van der Waals surface area contributed by atoms with Crippen LogP contribution in [0.4, 0.5) is 0 Å². The summed E-state index contributed by atoms with van der Waals surface area (Å²) in [6.07, 6.45) is 0. The minimum Gasteiger partial charge on any atom is -0.307 e. The third-order valence-electron chi connectivity index (χ3n) is 12.8. The van der Waals surface area contributed by atoms with Crippen LogP contribution in [0.1, 0.15) is 30.5 Å². The Hall–Kier alpha value is -7.36. The van der Waals surface area contributed by atoms with Crippen LogP contribution in [0.25, 0.3) is 105 Å². The maximum atomic E-state index is 5.18. The third-order valence-corrected chi connectivity index (χ3v) is 12.8. The molecule has 0 amide bonds. The summed E-state index contributed by atoms with van der Waals surface area (Å²) in [5, 5.41) is 5.21. The van der Waals surface area contributed by atoms with Gasteiger partial charge in [-0.2, -0.15) is 0 Å². The number of fused-ring (bicyclic) bond motifs is 9. The maximum absolute atomic E-state index is 5.18. The Kier molecular flexibility index (Phi) is 7.19. The molecule has 12 rings (SSSR count). The average molecular weight is 754 g/mol. The quantitative estimate of drug-likeness (QED) is 0.175. The van der Waals surface area contributed by atoms with Gasteiger partial charge in [0, 0.05) is 49.2 Å². The molecule has 0 bridgehead atoms. The van der Waals surface area contributed by atoms with Crippen LogP contribution in [0.3, 0.4) is 0 Å². The van der Waals surface area contributed by atoms with Crippen molar-refractivity contribution >= 4 is 38.1 Å². The molecule has 0 saturated heterocycles. The number of aryl methyl sites for hydroxylation is 1. The van der Waals surface area contributed by atoms with Crippen molar-refractivity contribution in [3.05, 3.63) is 199 Å². The van der Waals surface area contributed by atoms with Gasteiger partial charge in [0.15, 0.2) is 5.82 Å². The van der Waals surface area contributed by atoms with Gasteiger partial charge in [0.25, 0.3) is 0 Å². The molecule has 0 spiro atoms. The molecular weight excluding hydrogens is 715 g/mol. The van der Waals surface area contributed by atoms with Gasteiger partial charge in [-0.3, -0.25) is 0 Å². The third kappa shape index (κ3) is 5.08. The van der Waals surface area contributed by atoms with Crippen LogP contribution in [0.2, 0.25) is 0 Å². The second-order valence-corrected chi connectivity index (χ2v) is 16.7. The topological polar surface area (TPSA) is 30.2 Å². The van der Waals surface area contributed by atoms with Crippen LogP contribution < -0.4 is 0 Å². The van der Waals surface area contributed by atoms with Crippen LogP contribution >= 0.6 is 0 Å². The Morgan fingerprint density at radius 2 is 0.949 bits per heavy atom. The molecule has 59 heavy (non-hydrogen) atoms. The fourth-order valence-corrected chi connectivity index (χ4v) is 9.90. The predicted octanol–water partition coefficient (Wildman–Crippen LogP) is 14.6. The molecule has 3 heteroatoms.